The number of benzene rings is 2. The van der Waals surface area contributed by atoms with Crippen molar-refractivity contribution in [3.05, 3.63) is 64.7 Å². The number of hydrogen-bond donors (Lipinski definition) is 5. The van der Waals surface area contributed by atoms with E-state index in [2.05, 4.69) is 28.2 Å². The molecule has 2 aromatic rings. The van der Waals surface area contributed by atoms with Gasteiger partial charge in [0, 0.05) is 26.2 Å². The third-order valence-electron chi connectivity index (χ3n) is 7.06. The number of nitrogens with one attached hydrogen (secondary N) is 4. The Balaban J connectivity index is 1.63. The van der Waals surface area contributed by atoms with E-state index >= 15 is 0 Å². The zero-order chi connectivity index (χ0) is 31.4. The van der Waals surface area contributed by atoms with Crippen LogP contribution in [0.5, 0.6) is 0 Å². The molecule has 1 saturated heterocycles. The number of aryl methyl sites for hydroxylation is 1. The normalized spacial score (nSPS) is 15.0. The van der Waals surface area contributed by atoms with Gasteiger partial charge in [0.1, 0.15) is 0 Å². The highest BCUT2D eigenvalue weighted by Gasteiger charge is 2.32. The molecule has 10 nitrogen and oxygen atoms in total. The minimum atomic E-state index is -4.73. The van der Waals surface area contributed by atoms with E-state index in [-0.39, 0.29) is 12.2 Å². The summed E-state index contributed by atoms with van der Waals surface area (Å²) in [4.78, 5) is 39.8. The first-order valence-electron chi connectivity index (χ1n) is 14.4. The first-order chi connectivity index (χ1) is 20.5. The summed E-state index contributed by atoms with van der Waals surface area (Å²) in [6, 6.07) is 9.23. The molecule has 1 aliphatic rings. The summed E-state index contributed by atoms with van der Waals surface area (Å²) in [7, 11) is 0. The SMILES string of the molecule is CCC[C@H](O)[C@H](CNCc1ccc(CC)cc1)NC(=O)CNC(=O)c1cc(C(F)(F)F)ccc1NC(=O)N1CCOCC1. The number of alkyl halides is 3. The van der Waals surface area contributed by atoms with Crippen LogP contribution >= 0.6 is 0 Å². The van der Waals surface area contributed by atoms with Crippen molar-refractivity contribution in [1.29, 1.82) is 0 Å². The molecule has 5 N–H and O–H groups in total. The van der Waals surface area contributed by atoms with Crippen molar-refractivity contribution in [2.45, 2.75) is 58.0 Å². The first-order valence-corrected chi connectivity index (χ1v) is 14.4. The van der Waals surface area contributed by atoms with E-state index in [9.17, 15) is 32.7 Å². The highest BCUT2D eigenvalue weighted by Crippen LogP contribution is 2.32. The third-order valence-corrected chi connectivity index (χ3v) is 7.06. The largest absolute Gasteiger partial charge is 0.416 e. The molecule has 0 saturated carbocycles. The van der Waals surface area contributed by atoms with E-state index in [0.717, 1.165) is 24.1 Å². The molecule has 0 spiro atoms. The number of rotatable bonds is 13. The molecule has 1 heterocycles. The second-order valence-corrected chi connectivity index (χ2v) is 10.3. The number of urea groups is 1. The van der Waals surface area contributed by atoms with Crippen LogP contribution in [0.15, 0.2) is 42.5 Å². The topological polar surface area (TPSA) is 132 Å². The number of amides is 4. The highest BCUT2D eigenvalue weighted by molar-refractivity contribution is 6.04. The van der Waals surface area contributed by atoms with E-state index in [1.165, 1.54) is 10.5 Å². The quantitative estimate of drug-likeness (QED) is 0.238. The Morgan fingerprint density at radius 1 is 1.02 bits per heavy atom. The molecule has 43 heavy (non-hydrogen) atoms. The van der Waals surface area contributed by atoms with Crippen molar-refractivity contribution >= 4 is 23.5 Å². The van der Waals surface area contributed by atoms with Crippen molar-refractivity contribution in [2.75, 3.05) is 44.7 Å². The fourth-order valence-electron chi connectivity index (χ4n) is 4.54. The van der Waals surface area contributed by atoms with Crippen molar-refractivity contribution in [3.8, 4) is 0 Å². The molecule has 2 atom stereocenters. The molecule has 0 unspecified atom stereocenters. The summed E-state index contributed by atoms with van der Waals surface area (Å²) < 4.78 is 45.5. The average molecular weight is 608 g/mol. The molecule has 1 fully saturated rings. The van der Waals surface area contributed by atoms with Crippen LogP contribution in [-0.4, -0.2) is 79.4 Å². The maximum absolute atomic E-state index is 13.4. The van der Waals surface area contributed by atoms with E-state index in [4.69, 9.17) is 4.74 Å². The monoisotopic (exact) mass is 607 g/mol. The van der Waals surface area contributed by atoms with E-state index in [1.807, 2.05) is 31.2 Å². The number of carbonyl (C=O) groups excluding carboxylic acids is 3. The highest BCUT2D eigenvalue weighted by atomic mass is 19.4. The number of morpholine rings is 1. The molecule has 0 radical (unpaired) electrons. The smallest absolute Gasteiger partial charge is 0.391 e. The molecule has 4 amide bonds. The summed E-state index contributed by atoms with van der Waals surface area (Å²) in [5.41, 5.74) is 0.602. The zero-order valence-corrected chi connectivity index (χ0v) is 24.4. The lowest BCUT2D eigenvalue weighted by atomic mass is 10.1. The van der Waals surface area contributed by atoms with Gasteiger partial charge in [-0.25, -0.2) is 4.79 Å². The summed E-state index contributed by atoms with van der Waals surface area (Å²) in [6.07, 6.45) is -3.55. The Morgan fingerprint density at radius 2 is 1.70 bits per heavy atom. The molecule has 3 rings (SSSR count). The summed E-state index contributed by atoms with van der Waals surface area (Å²) in [5, 5.41) is 21.4. The average Bonchev–Trinajstić information content (AvgIpc) is 2.99. The molecule has 1 aliphatic heterocycles. The summed E-state index contributed by atoms with van der Waals surface area (Å²) in [5.74, 6) is -1.61. The zero-order valence-electron chi connectivity index (χ0n) is 24.4. The van der Waals surface area contributed by atoms with Gasteiger partial charge < -0.3 is 36.0 Å². The van der Waals surface area contributed by atoms with Gasteiger partial charge >= 0.3 is 12.2 Å². The first kappa shape index (κ1) is 33.8. The number of carbonyl (C=O) groups is 3. The second kappa shape index (κ2) is 16.2. The van der Waals surface area contributed by atoms with Gasteiger partial charge in [0.25, 0.3) is 5.91 Å². The molecular weight excluding hydrogens is 567 g/mol. The van der Waals surface area contributed by atoms with Crippen LogP contribution in [0.25, 0.3) is 0 Å². The van der Waals surface area contributed by atoms with Crippen molar-refractivity contribution in [2.24, 2.45) is 0 Å². The van der Waals surface area contributed by atoms with Gasteiger partial charge in [-0.15, -0.1) is 0 Å². The summed E-state index contributed by atoms with van der Waals surface area (Å²) >= 11 is 0. The van der Waals surface area contributed by atoms with Crippen LogP contribution in [-0.2, 0) is 28.7 Å². The molecule has 0 aromatic heterocycles. The molecule has 0 aliphatic carbocycles. The Bertz CT molecular complexity index is 1220. The van der Waals surface area contributed by atoms with Crippen LogP contribution in [0.1, 0.15) is 53.7 Å². The van der Waals surface area contributed by atoms with Crippen molar-refractivity contribution in [3.63, 3.8) is 0 Å². The van der Waals surface area contributed by atoms with Gasteiger partial charge in [-0.1, -0.05) is 44.5 Å². The molecule has 2 aromatic carbocycles. The Labute approximate surface area is 249 Å². The lowest BCUT2D eigenvalue weighted by Gasteiger charge is -2.27. The predicted octanol–water partition coefficient (Wildman–Crippen LogP) is 3.30. The van der Waals surface area contributed by atoms with Crippen molar-refractivity contribution in [1.82, 2.24) is 20.9 Å². The van der Waals surface area contributed by atoms with Gasteiger partial charge in [0.15, 0.2) is 0 Å². The second-order valence-electron chi connectivity index (χ2n) is 10.3. The van der Waals surface area contributed by atoms with Gasteiger partial charge in [-0.05, 0) is 42.2 Å². The molecular formula is C30H40F3N5O5. The molecule has 236 valence electrons. The van der Waals surface area contributed by atoms with Crippen LogP contribution in [0.4, 0.5) is 23.7 Å². The Kier molecular flexibility index (Phi) is 12.8. The number of anilines is 1. The van der Waals surface area contributed by atoms with Gasteiger partial charge in [-0.3, -0.25) is 9.59 Å². The standard InChI is InChI=1S/C30H40F3N5O5/c1-3-5-26(39)25(18-34-17-21-8-6-20(4-2)7-9-21)36-27(40)19-35-28(41)23-16-22(30(31,32)33)10-11-24(23)37-29(42)38-12-14-43-15-13-38/h6-11,16,25-26,34,39H,3-5,12-15,17-19H2,1-2H3,(H,35,41)(H,36,40)(H,37,42)/t25-,26-/m0/s1. The number of nitrogens with zero attached hydrogens (tertiary/aromatic N) is 1. The van der Waals surface area contributed by atoms with E-state index < -0.39 is 53.8 Å². The predicted molar refractivity (Wildman–Crippen MR) is 156 cm³/mol. The summed E-state index contributed by atoms with van der Waals surface area (Å²) in [6.45, 7) is 5.40. The van der Waals surface area contributed by atoms with Crippen LogP contribution in [0.3, 0.4) is 0 Å². The number of halogens is 3. The Morgan fingerprint density at radius 3 is 2.33 bits per heavy atom. The van der Waals surface area contributed by atoms with Crippen LogP contribution < -0.4 is 21.3 Å². The molecule has 13 heteroatoms. The lowest BCUT2D eigenvalue weighted by Crippen LogP contribution is -2.51. The lowest BCUT2D eigenvalue weighted by molar-refractivity contribution is -0.137. The minimum Gasteiger partial charge on any atom is -0.391 e. The maximum atomic E-state index is 13.4. The van der Waals surface area contributed by atoms with Crippen LogP contribution in [0.2, 0.25) is 0 Å². The van der Waals surface area contributed by atoms with E-state index in [0.29, 0.717) is 51.8 Å². The number of hydrogen-bond acceptors (Lipinski definition) is 6. The maximum Gasteiger partial charge on any atom is 0.416 e. The Hall–Kier alpha value is -3.68. The fraction of sp³-hybridized carbons (Fsp3) is 0.500. The third kappa shape index (κ3) is 10.5. The minimum absolute atomic E-state index is 0.130. The number of ether oxygens (including phenoxy) is 1. The van der Waals surface area contributed by atoms with Crippen molar-refractivity contribution < 1.29 is 37.4 Å². The molecule has 0 bridgehead atoms. The van der Waals surface area contributed by atoms with Crippen LogP contribution in [0, 0.1) is 0 Å². The van der Waals surface area contributed by atoms with Gasteiger partial charge in [0.2, 0.25) is 5.91 Å². The number of aliphatic hydroxyl groups is 1. The van der Waals surface area contributed by atoms with Gasteiger partial charge in [-0.2, -0.15) is 13.2 Å². The van der Waals surface area contributed by atoms with Gasteiger partial charge in [0.05, 0.1) is 48.7 Å². The van der Waals surface area contributed by atoms with E-state index in [1.54, 1.807) is 0 Å². The fourth-order valence-corrected chi connectivity index (χ4v) is 4.54. The number of aliphatic hydroxyl groups excluding tert-OH is 1.